The van der Waals surface area contributed by atoms with E-state index in [4.69, 9.17) is 4.74 Å². The molecular weight excluding hydrogens is 336 g/mol. The summed E-state index contributed by atoms with van der Waals surface area (Å²) in [4.78, 5) is 21.1. The fraction of sp³-hybridized carbons (Fsp3) is 0.0435. The molecule has 0 radical (unpaired) electrons. The van der Waals surface area contributed by atoms with E-state index in [1.165, 1.54) is 0 Å². The number of aromatic nitrogens is 2. The number of rotatable bonds is 5. The number of Topliss-reactive ketones (excluding diaryl/α,β-unsaturated/α-hetero) is 1. The van der Waals surface area contributed by atoms with Gasteiger partial charge < -0.3 is 9.72 Å². The molecule has 0 saturated heterocycles. The Hall–Kier alpha value is -3.66. The number of nitrogens with one attached hydrogen (secondary N) is 1. The maximum Gasteiger partial charge on any atom is 0.196 e. The van der Waals surface area contributed by atoms with E-state index in [-0.39, 0.29) is 5.78 Å². The van der Waals surface area contributed by atoms with Crippen LogP contribution in [0.3, 0.4) is 0 Å². The molecule has 0 aliphatic heterocycles. The summed E-state index contributed by atoms with van der Waals surface area (Å²) < 4.78 is 5.19. The Morgan fingerprint density at radius 1 is 0.926 bits per heavy atom. The van der Waals surface area contributed by atoms with Crippen molar-refractivity contribution in [2.24, 2.45) is 0 Å². The number of carbonyl (C=O) groups is 1. The van der Waals surface area contributed by atoms with Crippen molar-refractivity contribution in [3.05, 3.63) is 95.8 Å². The van der Waals surface area contributed by atoms with Crippen LogP contribution < -0.4 is 4.74 Å². The summed E-state index contributed by atoms with van der Waals surface area (Å²) in [7, 11) is 1.60. The van der Waals surface area contributed by atoms with Gasteiger partial charge in [0, 0.05) is 5.56 Å². The summed E-state index contributed by atoms with van der Waals surface area (Å²) in [6, 6.07) is 24.6. The highest BCUT2D eigenvalue weighted by Crippen LogP contribution is 2.24. The van der Waals surface area contributed by atoms with Gasteiger partial charge >= 0.3 is 0 Å². The van der Waals surface area contributed by atoms with Crippen LogP contribution in [0.2, 0.25) is 0 Å². The number of aromatic amines is 1. The minimum Gasteiger partial charge on any atom is -0.497 e. The monoisotopic (exact) mass is 354 g/mol. The fourth-order valence-electron chi connectivity index (χ4n) is 2.94. The van der Waals surface area contributed by atoms with Crippen LogP contribution in [0.25, 0.3) is 22.7 Å². The number of para-hydroxylation sites is 2. The van der Waals surface area contributed by atoms with Crippen LogP contribution in [0.1, 0.15) is 21.7 Å². The van der Waals surface area contributed by atoms with E-state index in [9.17, 15) is 4.79 Å². The van der Waals surface area contributed by atoms with Gasteiger partial charge in [0.2, 0.25) is 0 Å². The van der Waals surface area contributed by atoms with Crippen LogP contribution >= 0.6 is 0 Å². The molecule has 4 aromatic rings. The number of hydrogen-bond donors (Lipinski definition) is 1. The largest absolute Gasteiger partial charge is 0.497 e. The average Bonchev–Trinajstić information content (AvgIpc) is 3.16. The van der Waals surface area contributed by atoms with Gasteiger partial charge in [0.05, 0.1) is 23.7 Å². The molecule has 0 aliphatic carbocycles. The molecular formula is C23H18N2O2. The van der Waals surface area contributed by atoms with E-state index in [1.54, 1.807) is 31.4 Å². The maximum atomic E-state index is 13.3. The average molecular weight is 354 g/mol. The molecule has 132 valence electrons. The first-order valence-electron chi connectivity index (χ1n) is 8.65. The molecule has 0 atom stereocenters. The van der Waals surface area contributed by atoms with Gasteiger partial charge in [-0.3, -0.25) is 4.79 Å². The second-order valence-electron chi connectivity index (χ2n) is 6.13. The Morgan fingerprint density at radius 2 is 1.63 bits per heavy atom. The van der Waals surface area contributed by atoms with E-state index in [1.807, 2.05) is 60.7 Å². The van der Waals surface area contributed by atoms with Crippen molar-refractivity contribution in [1.29, 1.82) is 0 Å². The molecule has 0 unspecified atom stereocenters. The van der Waals surface area contributed by atoms with E-state index in [0.717, 1.165) is 16.6 Å². The highest BCUT2D eigenvalue weighted by Gasteiger charge is 2.18. The second-order valence-corrected chi connectivity index (χ2v) is 6.13. The quantitative estimate of drug-likeness (QED) is 0.405. The number of H-pyrrole nitrogens is 1. The highest BCUT2D eigenvalue weighted by molar-refractivity contribution is 6.31. The second kappa shape index (κ2) is 7.30. The Morgan fingerprint density at radius 3 is 2.33 bits per heavy atom. The molecule has 1 N–H and O–H groups in total. The van der Waals surface area contributed by atoms with Gasteiger partial charge in [-0.05, 0) is 48.0 Å². The van der Waals surface area contributed by atoms with E-state index in [2.05, 4.69) is 9.97 Å². The molecule has 0 saturated carbocycles. The number of carbonyl (C=O) groups excluding carboxylic acids is 1. The first-order chi connectivity index (χ1) is 13.2. The predicted molar refractivity (Wildman–Crippen MR) is 108 cm³/mol. The van der Waals surface area contributed by atoms with Gasteiger partial charge in [-0.25, -0.2) is 4.98 Å². The number of ether oxygens (including phenoxy) is 1. The molecule has 27 heavy (non-hydrogen) atoms. The topological polar surface area (TPSA) is 55.0 Å². The first-order valence-corrected chi connectivity index (χ1v) is 8.65. The molecule has 0 aliphatic rings. The zero-order valence-corrected chi connectivity index (χ0v) is 14.8. The number of benzene rings is 3. The number of imidazole rings is 1. The number of fused-ring (bicyclic) bond motifs is 1. The summed E-state index contributed by atoms with van der Waals surface area (Å²) >= 11 is 0. The number of allylic oxidation sites excluding steroid dienone is 1. The summed E-state index contributed by atoms with van der Waals surface area (Å²) in [5.74, 6) is 1.17. The van der Waals surface area contributed by atoms with Crippen LogP contribution in [-0.2, 0) is 0 Å². The van der Waals surface area contributed by atoms with Gasteiger partial charge in [0.15, 0.2) is 5.78 Å². The Bertz CT molecular complexity index is 1080. The van der Waals surface area contributed by atoms with Gasteiger partial charge in [0.1, 0.15) is 11.6 Å². The molecule has 0 fully saturated rings. The minimum absolute atomic E-state index is 0.0967. The maximum absolute atomic E-state index is 13.3. The predicted octanol–water partition coefficient (Wildman–Crippen LogP) is 5.00. The highest BCUT2D eigenvalue weighted by atomic mass is 16.5. The summed E-state index contributed by atoms with van der Waals surface area (Å²) in [6.07, 6.45) is 1.87. The molecule has 0 bridgehead atoms. The SMILES string of the molecule is COc1ccc(C(=O)/C(=C\c2ccccc2)c2nc3ccccc3[nH]2)cc1. The third-order valence-electron chi connectivity index (χ3n) is 4.35. The zero-order chi connectivity index (χ0) is 18.6. The van der Waals surface area contributed by atoms with Gasteiger partial charge in [-0.1, -0.05) is 42.5 Å². The molecule has 0 spiro atoms. The van der Waals surface area contributed by atoms with Crippen molar-refractivity contribution in [2.75, 3.05) is 7.11 Å². The van der Waals surface area contributed by atoms with Crippen molar-refractivity contribution < 1.29 is 9.53 Å². The Kier molecular flexibility index (Phi) is 4.54. The molecule has 0 amide bonds. The van der Waals surface area contributed by atoms with E-state index < -0.39 is 0 Å². The number of nitrogens with zero attached hydrogens (tertiary/aromatic N) is 1. The molecule has 1 aromatic heterocycles. The van der Waals surface area contributed by atoms with Crippen molar-refractivity contribution in [2.45, 2.75) is 0 Å². The summed E-state index contributed by atoms with van der Waals surface area (Å²) in [6.45, 7) is 0. The third-order valence-corrected chi connectivity index (χ3v) is 4.35. The summed E-state index contributed by atoms with van der Waals surface area (Å²) in [5, 5.41) is 0. The number of ketones is 1. The Labute approximate surface area is 157 Å². The molecule has 4 nitrogen and oxygen atoms in total. The van der Waals surface area contributed by atoms with E-state index in [0.29, 0.717) is 22.7 Å². The first kappa shape index (κ1) is 16.8. The van der Waals surface area contributed by atoms with Gasteiger partial charge in [0.25, 0.3) is 0 Å². The molecule has 1 heterocycles. The molecule has 4 rings (SSSR count). The third kappa shape index (κ3) is 3.51. The smallest absolute Gasteiger partial charge is 0.196 e. The normalized spacial score (nSPS) is 11.5. The van der Waals surface area contributed by atoms with Crippen LogP contribution in [0.15, 0.2) is 78.9 Å². The van der Waals surface area contributed by atoms with Crippen LogP contribution in [0.5, 0.6) is 5.75 Å². The molecule has 3 aromatic carbocycles. The van der Waals surface area contributed by atoms with Crippen LogP contribution in [0.4, 0.5) is 0 Å². The Balaban J connectivity index is 1.82. The van der Waals surface area contributed by atoms with Crippen molar-refractivity contribution in [3.63, 3.8) is 0 Å². The van der Waals surface area contributed by atoms with Crippen molar-refractivity contribution >= 4 is 28.5 Å². The van der Waals surface area contributed by atoms with Crippen molar-refractivity contribution in [1.82, 2.24) is 9.97 Å². The van der Waals surface area contributed by atoms with Crippen LogP contribution in [0, 0.1) is 0 Å². The standard InChI is InChI=1S/C23H18N2O2/c1-27-18-13-11-17(12-14-18)22(26)19(15-16-7-3-2-4-8-16)23-24-20-9-5-6-10-21(20)25-23/h2-15H,1H3,(H,24,25)/b19-15+. The van der Waals surface area contributed by atoms with E-state index >= 15 is 0 Å². The minimum atomic E-state index is -0.0967. The van der Waals surface area contributed by atoms with Gasteiger partial charge in [-0.15, -0.1) is 0 Å². The lowest BCUT2D eigenvalue weighted by Gasteiger charge is -2.06. The van der Waals surface area contributed by atoms with Crippen LogP contribution in [-0.4, -0.2) is 22.9 Å². The van der Waals surface area contributed by atoms with Gasteiger partial charge in [-0.2, -0.15) is 0 Å². The van der Waals surface area contributed by atoms with Crippen molar-refractivity contribution in [3.8, 4) is 5.75 Å². The fourth-order valence-corrected chi connectivity index (χ4v) is 2.94. The molecule has 4 heteroatoms. The summed E-state index contributed by atoms with van der Waals surface area (Å²) in [5.41, 5.74) is 3.76. The number of methoxy groups -OCH3 is 1. The lowest BCUT2D eigenvalue weighted by atomic mass is 10.0. The lowest BCUT2D eigenvalue weighted by Crippen LogP contribution is -2.04. The lowest BCUT2D eigenvalue weighted by molar-refractivity contribution is 0.105. The number of hydrogen-bond acceptors (Lipinski definition) is 3. The zero-order valence-electron chi connectivity index (χ0n) is 14.8.